The number of benzene rings is 1. The summed E-state index contributed by atoms with van der Waals surface area (Å²) in [6, 6.07) is 3.07. The van der Waals surface area contributed by atoms with Gasteiger partial charge in [-0.05, 0) is 24.1 Å². The van der Waals surface area contributed by atoms with E-state index in [1.165, 1.54) is 12.1 Å². The van der Waals surface area contributed by atoms with Crippen LogP contribution >= 0.6 is 0 Å². The zero-order valence-corrected chi connectivity index (χ0v) is 11.5. The fourth-order valence-electron chi connectivity index (χ4n) is 1.50. The van der Waals surface area contributed by atoms with E-state index in [9.17, 15) is 26.4 Å². The molecule has 2 N–H and O–H groups in total. The SMILES string of the molecule is CS(=O)(=O)NC(Cc1ccc(OC(F)(F)F)cc1)C(=O)O. The molecule has 1 rings (SSSR count). The molecule has 21 heavy (non-hydrogen) atoms. The van der Waals surface area contributed by atoms with Crippen LogP contribution in [0.4, 0.5) is 13.2 Å². The number of alkyl halides is 3. The van der Waals surface area contributed by atoms with Crippen LogP contribution in [-0.4, -0.2) is 38.2 Å². The van der Waals surface area contributed by atoms with Gasteiger partial charge in [0.05, 0.1) is 6.26 Å². The molecule has 118 valence electrons. The second-order valence-corrected chi connectivity index (χ2v) is 5.96. The van der Waals surface area contributed by atoms with E-state index >= 15 is 0 Å². The molecule has 6 nitrogen and oxygen atoms in total. The monoisotopic (exact) mass is 327 g/mol. The predicted molar refractivity (Wildman–Crippen MR) is 66.2 cm³/mol. The van der Waals surface area contributed by atoms with Crippen molar-refractivity contribution in [3.8, 4) is 5.75 Å². The van der Waals surface area contributed by atoms with Crippen molar-refractivity contribution in [2.45, 2.75) is 18.8 Å². The van der Waals surface area contributed by atoms with Crippen molar-refractivity contribution in [3.05, 3.63) is 29.8 Å². The summed E-state index contributed by atoms with van der Waals surface area (Å²) >= 11 is 0. The first-order valence-corrected chi connectivity index (χ1v) is 7.40. The highest BCUT2D eigenvalue weighted by Crippen LogP contribution is 2.23. The van der Waals surface area contributed by atoms with E-state index < -0.39 is 34.1 Å². The van der Waals surface area contributed by atoms with Gasteiger partial charge in [-0.15, -0.1) is 13.2 Å². The van der Waals surface area contributed by atoms with Gasteiger partial charge < -0.3 is 9.84 Å². The van der Waals surface area contributed by atoms with Crippen molar-refractivity contribution in [3.63, 3.8) is 0 Å². The standard InChI is InChI=1S/C11H12F3NO5S/c1-21(18,19)15-9(10(16)17)6-7-2-4-8(5-3-7)20-11(12,13)14/h2-5,9,15H,6H2,1H3,(H,16,17). The Balaban J connectivity index is 2.79. The number of ether oxygens (including phenoxy) is 1. The van der Waals surface area contributed by atoms with Gasteiger partial charge in [-0.1, -0.05) is 12.1 Å². The third kappa shape index (κ3) is 6.95. The van der Waals surface area contributed by atoms with E-state index in [1.807, 2.05) is 4.72 Å². The number of carbonyl (C=O) groups is 1. The van der Waals surface area contributed by atoms with E-state index in [-0.39, 0.29) is 6.42 Å². The molecule has 0 aliphatic heterocycles. The Bertz CT molecular complexity index is 597. The maximum Gasteiger partial charge on any atom is 0.573 e. The Morgan fingerprint density at radius 1 is 1.33 bits per heavy atom. The molecule has 0 saturated carbocycles. The molecule has 0 aromatic heterocycles. The molecule has 0 amide bonds. The van der Waals surface area contributed by atoms with Gasteiger partial charge in [0.15, 0.2) is 0 Å². The Hall–Kier alpha value is -1.81. The molecule has 0 spiro atoms. The largest absolute Gasteiger partial charge is 0.573 e. The second kappa shape index (κ2) is 6.31. The Kier molecular flexibility index (Phi) is 5.18. The maximum atomic E-state index is 12.0. The minimum atomic E-state index is -4.82. The van der Waals surface area contributed by atoms with Crippen LogP contribution < -0.4 is 9.46 Å². The highest BCUT2D eigenvalue weighted by molar-refractivity contribution is 7.88. The summed E-state index contributed by atoms with van der Waals surface area (Å²) in [7, 11) is -3.72. The summed E-state index contributed by atoms with van der Waals surface area (Å²) in [4.78, 5) is 10.9. The molecule has 10 heteroatoms. The summed E-state index contributed by atoms with van der Waals surface area (Å²) in [5, 5.41) is 8.90. The Morgan fingerprint density at radius 2 is 1.86 bits per heavy atom. The molecule has 1 atom stereocenters. The number of carboxylic acid groups (broad SMARTS) is 1. The lowest BCUT2D eigenvalue weighted by Gasteiger charge is -2.13. The van der Waals surface area contributed by atoms with Crippen molar-refractivity contribution in [1.29, 1.82) is 0 Å². The minimum absolute atomic E-state index is 0.214. The average molecular weight is 327 g/mol. The summed E-state index contributed by atoms with van der Waals surface area (Å²) in [6.45, 7) is 0. The molecule has 0 radical (unpaired) electrons. The normalized spacial score (nSPS) is 13.7. The number of halogens is 3. The number of sulfonamides is 1. The lowest BCUT2D eigenvalue weighted by Crippen LogP contribution is -2.41. The average Bonchev–Trinajstić information content (AvgIpc) is 2.27. The maximum absolute atomic E-state index is 12.0. The van der Waals surface area contributed by atoms with Crippen LogP contribution in [0.25, 0.3) is 0 Å². The molecule has 1 unspecified atom stereocenters. The Labute approximate surface area is 118 Å². The van der Waals surface area contributed by atoms with E-state index in [4.69, 9.17) is 5.11 Å². The Morgan fingerprint density at radius 3 is 2.24 bits per heavy atom. The molecular formula is C11H12F3NO5S. The third-order valence-corrected chi connectivity index (χ3v) is 2.96. The summed E-state index contributed by atoms with van der Waals surface area (Å²) in [5.41, 5.74) is 0.341. The zero-order valence-electron chi connectivity index (χ0n) is 10.7. The van der Waals surface area contributed by atoms with Crippen LogP contribution in [0.3, 0.4) is 0 Å². The minimum Gasteiger partial charge on any atom is -0.480 e. The van der Waals surface area contributed by atoms with Crippen molar-refractivity contribution in [2.24, 2.45) is 0 Å². The number of aliphatic carboxylic acids is 1. The van der Waals surface area contributed by atoms with Gasteiger partial charge in [-0.3, -0.25) is 4.79 Å². The number of carboxylic acids is 1. The smallest absolute Gasteiger partial charge is 0.480 e. The first-order valence-electron chi connectivity index (χ1n) is 5.51. The van der Waals surface area contributed by atoms with Gasteiger partial charge in [-0.25, -0.2) is 13.1 Å². The van der Waals surface area contributed by atoms with Crippen LogP contribution in [0.5, 0.6) is 5.75 Å². The van der Waals surface area contributed by atoms with Crippen molar-refractivity contribution in [2.75, 3.05) is 6.26 Å². The van der Waals surface area contributed by atoms with E-state index in [0.29, 0.717) is 5.56 Å². The topological polar surface area (TPSA) is 92.7 Å². The van der Waals surface area contributed by atoms with Crippen LogP contribution in [0.2, 0.25) is 0 Å². The first kappa shape index (κ1) is 17.2. The highest BCUT2D eigenvalue weighted by Gasteiger charge is 2.31. The fourth-order valence-corrected chi connectivity index (χ4v) is 2.20. The van der Waals surface area contributed by atoms with E-state index in [2.05, 4.69) is 4.74 Å². The van der Waals surface area contributed by atoms with Gasteiger partial charge in [0.1, 0.15) is 11.8 Å². The predicted octanol–water partition coefficient (Wildman–Crippen LogP) is 1.13. The quantitative estimate of drug-likeness (QED) is 0.817. The van der Waals surface area contributed by atoms with Gasteiger partial charge in [0, 0.05) is 0 Å². The van der Waals surface area contributed by atoms with Crippen LogP contribution in [0, 0.1) is 0 Å². The van der Waals surface area contributed by atoms with Crippen molar-refractivity contribution >= 4 is 16.0 Å². The molecule has 0 aliphatic rings. The van der Waals surface area contributed by atoms with Crippen LogP contribution in [-0.2, 0) is 21.2 Å². The van der Waals surface area contributed by atoms with Crippen molar-refractivity contribution in [1.82, 2.24) is 4.72 Å². The second-order valence-electron chi connectivity index (χ2n) is 4.18. The first-order chi connectivity index (χ1) is 9.46. The molecule has 0 saturated heterocycles. The number of nitrogens with one attached hydrogen (secondary N) is 1. The molecule has 1 aromatic rings. The van der Waals surface area contributed by atoms with E-state index in [1.54, 1.807) is 0 Å². The molecule has 0 bridgehead atoms. The third-order valence-electron chi connectivity index (χ3n) is 2.25. The molecule has 0 aliphatic carbocycles. The number of rotatable bonds is 6. The molecular weight excluding hydrogens is 315 g/mol. The van der Waals surface area contributed by atoms with Crippen LogP contribution in [0.15, 0.2) is 24.3 Å². The summed E-state index contributed by atoms with van der Waals surface area (Å²) in [6.07, 6.45) is -4.22. The van der Waals surface area contributed by atoms with Gasteiger partial charge in [-0.2, -0.15) is 0 Å². The van der Waals surface area contributed by atoms with Crippen molar-refractivity contribution < 1.29 is 36.2 Å². The van der Waals surface area contributed by atoms with Crippen LogP contribution in [0.1, 0.15) is 5.56 Å². The summed E-state index contributed by atoms with van der Waals surface area (Å²) < 4.78 is 63.5. The molecule has 1 aromatic carbocycles. The zero-order chi connectivity index (χ0) is 16.3. The highest BCUT2D eigenvalue weighted by atomic mass is 32.2. The molecule has 0 heterocycles. The van der Waals surface area contributed by atoms with Gasteiger partial charge in [0.25, 0.3) is 0 Å². The lowest BCUT2D eigenvalue weighted by atomic mass is 10.1. The van der Waals surface area contributed by atoms with E-state index in [0.717, 1.165) is 18.4 Å². The summed E-state index contributed by atoms with van der Waals surface area (Å²) in [5.74, 6) is -1.84. The number of hydrogen-bond donors (Lipinski definition) is 2. The fraction of sp³-hybridized carbons (Fsp3) is 0.364. The van der Waals surface area contributed by atoms with Gasteiger partial charge >= 0.3 is 12.3 Å². The van der Waals surface area contributed by atoms with Gasteiger partial charge in [0.2, 0.25) is 10.0 Å². The lowest BCUT2D eigenvalue weighted by molar-refractivity contribution is -0.274. The molecule has 0 fully saturated rings. The number of hydrogen-bond acceptors (Lipinski definition) is 4.